The van der Waals surface area contributed by atoms with E-state index in [2.05, 4.69) is 11.6 Å². The van der Waals surface area contributed by atoms with Crippen LogP contribution < -0.4 is 5.73 Å². The number of nitrogens with two attached hydrogens (primary N) is 1. The van der Waals surface area contributed by atoms with E-state index in [1.807, 2.05) is 6.92 Å². The molecule has 37 heavy (non-hydrogen) atoms. The van der Waals surface area contributed by atoms with Crippen molar-refractivity contribution >= 4 is 35.6 Å². The second-order valence-corrected chi connectivity index (χ2v) is 10.9. The van der Waals surface area contributed by atoms with Gasteiger partial charge in [-0.2, -0.15) is 0 Å². The van der Waals surface area contributed by atoms with Crippen LogP contribution in [0.3, 0.4) is 0 Å². The summed E-state index contributed by atoms with van der Waals surface area (Å²) in [6, 6.07) is -0.601. The van der Waals surface area contributed by atoms with Crippen molar-refractivity contribution in [3.8, 4) is 0 Å². The number of carboxylic acid groups (broad SMARTS) is 1. The van der Waals surface area contributed by atoms with Crippen LogP contribution in [0.15, 0.2) is 35.8 Å². The van der Waals surface area contributed by atoms with E-state index in [-0.39, 0.29) is 41.1 Å². The summed E-state index contributed by atoms with van der Waals surface area (Å²) in [5, 5.41) is 19.9. The number of aliphatic carboxylic acids is 1. The van der Waals surface area contributed by atoms with Crippen LogP contribution in [0.2, 0.25) is 0 Å². The molecule has 6 atom stereocenters. The zero-order chi connectivity index (χ0) is 27.0. The van der Waals surface area contributed by atoms with Gasteiger partial charge in [0.15, 0.2) is 0 Å². The molecule has 0 aromatic carbocycles. The maximum Gasteiger partial charge on any atom is 0.410 e. The minimum absolute atomic E-state index is 0.0361. The normalized spacial score (nSPS) is 27.6. The van der Waals surface area contributed by atoms with E-state index in [0.29, 0.717) is 30.8 Å². The van der Waals surface area contributed by atoms with Crippen LogP contribution in [-0.4, -0.2) is 90.0 Å². The largest absolute Gasteiger partial charge is 0.477 e. The van der Waals surface area contributed by atoms with Gasteiger partial charge >= 0.3 is 12.1 Å². The molecule has 1 aromatic rings. The number of rotatable bonds is 10. The maximum absolute atomic E-state index is 12.8. The molecule has 0 spiro atoms. The van der Waals surface area contributed by atoms with E-state index in [1.165, 1.54) is 29.1 Å². The fraction of sp³-hybridized carbons (Fsp3) is 0.542. The van der Waals surface area contributed by atoms with Gasteiger partial charge in [0.1, 0.15) is 18.0 Å². The Balaban J connectivity index is 1.51. The molecule has 0 saturated carbocycles. The minimum atomic E-state index is -1.18. The number of β-lactam (4-membered cyclic amide) rings is 1. The molecule has 4 N–H and O–H groups in total. The van der Waals surface area contributed by atoms with Crippen molar-refractivity contribution in [2.75, 3.05) is 13.2 Å². The summed E-state index contributed by atoms with van der Waals surface area (Å²) in [6.07, 6.45) is 4.30. The molecule has 0 bridgehead atoms. The molecule has 2 fully saturated rings. The number of carboxylic acids is 1. The van der Waals surface area contributed by atoms with Gasteiger partial charge in [-0.1, -0.05) is 19.6 Å². The van der Waals surface area contributed by atoms with Gasteiger partial charge in [-0.25, -0.2) is 14.6 Å². The Kier molecular flexibility index (Phi) is 7.64. The number of aryl methyl sites for hydroxylation is 1. The van der Waals surface area contributed by atoms with Crippen LogP contribution in [0.4, 0.5) is 4.79 Å². The lowest BCUT2D eigenvalue weighted by molar-refractivity contribution is -0.163. The number of fused-ring (bicyclic) bond motifs is 1. The molecule has 0 unspecified atom stereocenters. The SMILES string of the molecule is C=CCOC(=O)N1C[C@@H](SC2=C(C(=O)O)N3C(=O)[C@H]([C@@H](C)O)[C@H]3[C@H]2C)C[C@@H]1CCn1cnc(C(N)=O)c1. The highest BCUT2D eigenvalue weighted by molar-refractivity contribution is 8.03. The summed E-state index contributed by atoms with van der Waals surface area (Å²) in [5.41, 5.74) is 5.39. The molecule has 0 radical (unpaired) electrons. The molecule has 3 amide bonds. The molecule has 2 saturated heterocycles. The van der Waals surface area contributed by atoms with Crippen molar-refractivity contribution in [1.29, 1.82) is 0 Å². The molecule has 3 aliphatic rings. The molecular weight excluding hydrogens is 502 g/mol. The van der Waals surface area contributed by atoms with Gasteiger partial charge in [0.2, 0.25) is 5.91 Å². The van der Waals surface area contributed by atoms with E-state index in [1.54, 1.807) is 22.6 Å². The Morgan fingerprint density at radius 1 is 1.41 bits per heavy atom. The quantitative estimate of drug-likeness (QED) is 0.294. The van der Waals surface area contributed by atoms with Crippen molar-refractivity contribution < 1.29 is 34.1 Å². The number of ether oxygens (including phenoxy) is 1. The number of aromatic nitrogens is 2. The number of aliphatic hydroxyl groups is 1. The summed E-state index contributed by atoms with van der Waals surface area (Å²) >= 11 is 1.37. The third-order valence-electron chi connectivity index (χ3n) is 7.15. The Hall–Kier alpha value is -3.32. The highest BCUT2D eigenvalue weighted by Gasteiger charge is 2.60. The lowest BCUT2D eigenvalue weighted by Gasteiger charge is -2.46. The third-order valence-corrected chi connectivity index (χ3v) is 8.64. The smallest absolute Gasteiger partial charge is 0.410 e. The maximum atomic E-state index is 12.8. The molecule has 4 heterocycles. The number of thioether (sulfide) groups is 1. The number of likely N-dealkylation sites (tertiary alicyclic amines) is 1. The monoisotopic (exact) mass is 533 g/mol. The van der Waals surface area contributed by atoms with Gasteiger partial charge in [-0.3, -0.25) is 9.59 Å². The first kappa shape index (κ1) is 26.7. The van der Waals surface area contributed by atoms with Crippen LogP contribution in [0.25, 0.3) is 0 Å². The van der Waals surface area contributed by atoms with Gasteiger partial charge in [-0.05, 0) is 19.8 Å². The first-order valence-electron chi connectivity index (χ1n) is 12.1. The van der Waals surface area contributed by atoms with E-state index in [9.17, 15) is 29.4 Å². The predicted molar refractivity (Wildman–Crippen MR) is 133 cm³/mol. The van der Waals surface area contributed by atoms with E-state index in [4.69, 9.17) is 10.5 Å². The number of primary amides is 1. The van der Waals surface area contributed by atoms with E-state index in [0.717, 1.165) is 0 Å². The Morgan fingerprint density at radius 2 is 2.14 bits per heavy atom. The van der Waals surface area contributed by atoms with E-state index < -0.39 is 36.0 Å². The van der Waals surface area contributed by atoms with Crippen LogP contribution >= 0.6 is 11.8 Å². The predicted octanol–water partition coefficient (Wildman–Crippen LogP) is 1.02. The Labute approximate surface area is 218 Å². The number of aliphatic hydroxyl groups excluding tert-OH is 1. The molecule has 13 heteroatoms. The zero-order valence-electron chi connectivity index (χ0n) is 20.6. The van der Waals surface area contributed by atoms with Gasteiger partial charge in [0.25, 0.3) is 5.91 Å². The molecule has 1 aromatic heterocycles. The number of hydrogen-bond acceptors (Lipinski definition) is 8. The lowest BCUT2D eigenvalue weighted by Crippen LogP contribution is -2.63. The molecule has 12 nitrogen and oxygen atoms in total. The van der Waals surface area contributed by atoms with E-state index >= 15 is 0 Å². The standard InChI is InChI=1S/C24H31N5O7S/c1-4-7-36-24(35)28-9-15(8-14(28)5-6-27-10-16(21(25)31)26-11-27)37-20-12(2)18-17(13(3)30)22(32)29(18)19(20)23(33)34/h4,10-15,17-18,30H,1,5-9H2,2-3H3,(H2,25,31)(H,33,34)/t12-,13-,14+,15+,17-,18-/m1/s1. The highest BCUT2D eigenvalue weighted by atomic mass is 32.2. The second kappa shape index (κ2) is 10.6. The van der Waals surface area contributed by atoms with Gasteiger partial charge < -0.3 is 35.1 Å². The van der Waals surface area contributed by atoms with Gasteiger partial charge in [0, 0.05) is 41.4 Å². The molecule has 4 rings (SSSR count). The summed E-state index contributed by atoms with van der Waals surface area (Å²) in [6.45, 7) is 7.86. The number of hydrogen-bond donors (Lipinski definition) is 3. The molecule has 0 aliphatic carbocycles. The third kappa shape index (κ3) is 4.97. The van der Waals surface area contributed by atoms with Crippen molar-refractivity contribution in [3.63, 3.8) is 0 Å². The highest BCUT2D eigenvalue weighted by Crippen LogP contribution is 2.52. The number of carbonyl (C=O) groups excluding carboxylic acids is 3. The van der Waals surface area contributed by atoms with Crippen molar-refractivity contribution in [2.45, 2.75) is 56.7 Å². The van der Waals surface area contributed by atoms with Crippen molar-refractivity contribution in [2.24, 2.45) is 17.6 Å². The number of amides is 3. The van der Waals surface area contributed by atoms with Crippen LogP contribution in [0.5, 0.6) is 0 Å². The van der Waals surface area contributed by atoms with Crippen LogP contribution in [0, 0.1) is 11.8 Å². The lowest BCUT2D eigenvalue weighted by atomic mass is 9.79. The molecule has 200 valence electrons. The topological polar surface area (TPSA) is 168 Å². The number of carbonyl (C=O) groups is 4. The average Bonchev–Trinajstić information content (AvgIpc) is 3.52. The molecule has 3 aliphatic heterocycles. The fourth-order valence-corrected chi connectivity index (χ4v) is 7.00. The summed E-state index contributed by atoms with van der Waals surface area (Å²) < 4.78 is 7.01. The summed E-state index contributed by atoms with van der Waals surface area (Å²) in [4.78, 5) is 56.4. The first-order valence-corrected chi connectivity index (χ1v) is 12.9. The summed E-state index contributed by atoms with van der Waals surface area (Å²) in [5.74, 6) is -3.08. The number of nitrogens with zero attached hydrogens (tertiary/aromatic N) is 4. The van der Waals surface area contributed by atoms with Gasteiger partial charge in [0.05, 0.1) is 24.4 Å². The first-order chi connectivity index (χ1) is 17.5. The average molecular weight is 534 g/mol. The van der Waals surface area contributed by atoms with Crippen molar-refractivity contribution in [3.05, 3.63) is 41.5 Å². The fourth-order valence-electron chi connectivity index (χ4n) is 5.44. The zero-order valence-corrected chi connectivity index (χ0v) is 21.5. The molecular formula is C24H31N5O7S. The second-order valence-electron chi connectivity index (χ2n) is 9.57. The summed E-state index contributed by atoms with van der Waals surface area (Å²) in [7, 11) is 0. The van der Waals surface area contributed by atoms with Crippen molar-refractivity contribution in [1.82, 2.24) is 19.4 Å². The van der Waals surface area contributed by atoms with Crippen LogP contribution in [0.1, 0.15) is 37.2 Å². The Morgan fingerprint density at radius 3 is 2.73 bits per heavy atom. The minimum Gasteiger partial charge on any atom is -0.477 e. The number of imidazole rings is 1. The van der Waals surface area contributed by atoms with Gasteiger partial charge in [-0.15, -0.1) is 11.8 Å². The Bertz CT molecular complexity index is 1150. The van der Waals surface area contributed by atoms with Crippen LogP contribution in [-0.2, 0) is 20.9 Å².